The first kappa shape index (κ1) is 5.44. The number of hydrogen-bond acceptors (Lipinski definition) is 2. The van der Waals surface area contributed by atoms with Crippen LogP contribution in [0, 0.1) is 4.51 Å². The zero-order valence-corrected chi connectivity index (χ0v) is 5.35. The SMILES string of the molecule is Cn1ccc(=S)cn1. The molecular weight excluding hydrogens is 120 g/mol. The summed E-state index contributed by atoms with van der Waals surface area (Å²) in [6, 6.07) is 1.84. The smallest absolute Gasteiger partial charge is 0.0655 e. The second-order valence-corrected chi connectivity index (χ2v) is 2.01. The third-order valence-electron chi connectivity index (χ3n) is 0.822. The summed E-state index contributed by atoms with van der Waals surface area (Å²) in [7, 11) is 1.86. The van der Waals surface area contributed by atoms with E-state index in [1.165, 1.54) is 0 Å². The molecular formula is C5H6N2S. The highest BCUT2D eigenvalue weighted by molar-refractivity contribution is 7.71. The van der Waals surface area contributed by atoms with Crippen molar-refractivity contribution in [2.75, 3.05) is 0 Å². The van der Waals surface area contributed by atoms with Gasteiger partial charge in [-0.1, -0.05) is 12.2 Å². The lowest BCUT2D eigenvalue weighted by Gasteiger charge is -1.89. The summed E-state index contributed by atoms with van der Waals surface area (Å²) in [6.45, 7) is 0. The van der Waals surface area contributed by atoms with E-state index >= 15 is 0 Å². The molecule has 0 aliphatic rings. The molecule has 1 aromatic rings. The van der Waals surface area contributed by atoms with E-state index in [9.17, 15) is 0 Å². The van der Waals surface area contributed by atoms with Crippen molar-refractivity contribution in [2.45, 2.75) is 0 Å². The van der Waals surface area contributed by atoms with Gasteiger partial charge in [-0.3, -0.25) is 4.68 Å². The van der Waals surface area contributed by atoms with Gasteiger partial charge in [0, 0.05) is 13.2 Å². The lowest BCUT2D eigenvalue weighted by molar-refractivity contribution is 0.737. The highest BCUT2D eigenvalue weighted by Gasteiger charge is 1.74. The minimum absolute atomic E-state index is 0.781. The Balaban J connectivity index is 3.22. The van der Waals surface area contributed by atoms with E-state index in [0.29, 0.717) is 0 Å². The molecule has 8 heavy (non-hydrogen) atoms. The lowest BCUT2D eigenvalue weighted by atomic mass is 10.6. The fourth-order valence-corrected chi connectivity index (χ4v) is 0.519. The molecule has 1 rings (SSSR count). The van der Waals surface area contributed by atoms with Gasteiger partial charge in [0.25, 0.3) is 0 Å². The Morgan fingerprint density at radius 3 is 2.88 bits per heavy atom. The van der Waals surface area contributed by atoms with Gasteiger partial charge >= 0.3 is 0 Å². The highest BCUT2D eigenvalue weighted by atomic mass is 32.1. The van der Waals surface area contributed by atoms with Crippen LogP contribution >= 0.6 is 12.2 Å². The van der Waals surface area contributed by atoms with Crippen molar-refractivity contribution in [1.82, 2.24) is 9.78 Å². The van der Waals surface area contributed by atoms with Crippen molar-refractivity contribution in [3.63, 3.8) is 0 Å². The van der Waals surface area contributed by atoms with Gasteiger partial charge in [0.1, 0.15) is 0 Å². The van der Waals surface area contributed by atoms with Crippen LogP contribution in [0.25, 0.3) is 0 Å². The molecule has 0 atom stereocenters. The molecule has 0 aromatic carbocycles. The normalized spacial score (nSPS) is 9.12. The second kappa shape index (κ2) is 2.05. The maximum atomic E-state index is 4.80. The van der Waals surface area contributed by atoms with E-state index in [0.717, 1.165) is 4.51 Å². The molecule has 42 valence electrons. The molecule has 0 aliphatic heterocycles. The Bertz CT molecular complexity index is 208. The quantitative estimate of drug-likeness (QED) is 0.485. The van der Waals surface area contributed by atoms with E-state index < -0.39 is 0 Å². The first-order chi connectivity index (χ1) is 3.79. The van der Waals surface area contributed by atoms with Gasteiger partial charge in [0.2, 0.25) is 0 Å². The third kappa shape index (κ3) is 1.13. The van der Waals surface area contributed by atoms with Crippen molar-refractivity contribution in [2.24, 2.45) is 7.05 Å². The molecule has 0 saturated carbocycles. The molecule has 3 heteroatoms. The topological polar surface area (TPSA) is 17.8 Å². The summed E-state index contributed by atoms with van der Waals surface area (Å²) in [5, 5.41) is 3.89. The summed E-state index contributed by atoms with van der Waals surface area (Å²) in [6.07, 6.45) is 3.47. The Labute approximate surface area is 52.8 Å². The second-order valence-electron chi connectivity index (χ2n) is 1.54. The molecule has 0 aliphatic carbocycles. The van der Waals surface area contributed by atoms with Crippen LogP contribution in [0.1, 0.15) is 0 Å². The fourth-order valence-electron chi connectivity index (χ4n) is 0.411. The highest BCUT2D eigenvalue weighted by Crippen LogP contribution is 1.82. The monoisotopic (exact) mass is 126 g/mol. The maximum Gasteiger partial charge on any atom is 0.0655 e. The van der Waals surface area contributed by atoms with Crippen molar-refractivity contribution >= 4 is 12.2 Å². The molecule has 0 bridgehead atoms. The molecule has 0 spiro atoms. The van der Waals surface area contributed by atoms with Crippen molar-refractivity contribution < 1.29 is 0 Å². The van der Waals surface area contributed by atoms with Crippen LogP contribution in [0.3, 0.4) is 0 Å². The van der Waals surface area contributed by atoms with E-state index in [1.807, 2.05) is 19.3 Å². The average Bonchev–Trinajstić information content (AvgIpc) is 1.77. The van der Waals surface area contributed by atoms with Gasteiger partial charge in [-0.25, -0.2) is 0 Å². The number of rotatable bonds is 0. The number of hydrogen-bond donors (Lipinski definition) is 0. The minimum atomic E-state index is 0.781. The van der Waals surface area contributed by atoms with Crippen LogP contribution in [-0.4, -0.2) is 9.78 Å². The summed E-state index contributed by atoms with van der Waals surface area (Å²) < 4.78 is 2.48. The van der Waals surface area contributed by atoms with Gasteiger partial charge in [-0.15, -0.1) is 0 Å². The van der Waals surface area contributed by atoms with Crippen LogP contribution < -0.4 is 0 Å². The van der Waals surface area contributed by atoms with Gasteiger partial charge < -0.3 is 0 Å². The van der Waals surface area contributed by atoms with Crippen LogP contribution in [0.5, 0.6) is 0 Å². The molecule has 0 N–H and O–H groups in total. The molecule has 1 aromatic heterocycles. The first-order valence-electron chi connectivity index (χ1n) is 2.28. The maximum absolute atomic E-state index is 4.80. The van der Waals surface area contributed by atoms with Crippen molar-refractivity contribution in [3.05, 3.63) is 23.0 Å². The largest absolute Gasteiger partial charge is 0.276 e. The molecule has 2 nitrogen and oxygen atoms in total. The minimum Gasteiger partial charge on any atom is -0.276 e. The van der Waals surface area contributed by atoms with E-state index in [-0.39, 0.29) is 0 Å². The van der Waals surface area contributed by atoms with E-state index in [2.05, 4.69) is 5.10 Å². The number of aryl methyl sites for hydroxylation is 1. The van der Waals surface area contributed by atoms with Crippen LogP contribution in [0.15, 0.2) is 18.5 Å². The van der Waals surface area contributed by atoms with E-state index in [4.69, 9.17) is 12.2 Å². The molecule has 0 fully saturated rings. The lowest BCUT2D eigenvalue weighted by Crippen LogP contribution is -1.92. The van der Waals surface area contributed by atoms with Crippen molar-refractivity contribution in [1.29, 1.82) is 0 Å². The Hall–Kier alpha value is -0.700. The van der Waals surface area contributed by atoms with Gasteiger partial charge in [0.15, 0.2) is 0 Å². The van der Waals surface area contributed by atoms with Crippen LogP contribution in [-0.2, 0) is 7.05 Å². The van der Waals surface area contributed by atoms with Crippen LogP contribution in [0.2, 0.25) is 0 Å². The summed E-state index contributed by atoms with van der Waals surface area (Å²) >= 11 is 4.80. The zero-order chi connectivity index (χ0) is 5.98. The number of aromatic nitrogens is 2. The molecule has 0 unspecified atom stereocenters. The predicted octanol–water partition coefficient (Wildman–Crippen LogP) is 1.15. The first-order valence-corrected chi connectivity index (χ1v) is 2.69. The predicted molar refractivity (Wildman–Crippen MR) is 34.0 cm³/mol. The Morgan fingerprint density at radius 1 is 1.75 bits per heavy atom. The Kier molecular flexibility index (Phi) is 1.39. The standard InChI is InChI=1S/C5H6N2S/c1-7-3-2-5(8)4-6-7/h2-4H,1H3. The zero-order valence-electron chi connectivity index (χ0n) is 4.53. The molecule has 1 heterocycles. The van der Waals surface area contributed by atoms with Crippen molar-refractivity contribution in [3.8, 4) is 0 Å². The molecule has 0 amide bonds. The molecule has 0 radical (unpaired) electrons. The number of nitrogens with zero attached hydrogens (tertiary/aromatic N) is 2. The van der Waals surface area contributed by atoms with Crippen LogP contribution in [0.4, 0.5) is 0 Å². The van der Waals surface area contributed by atoms with Gasteiger partial charge in [-0.2, -0.15) is 5.10 Å². The Morgan fingerprint density at radius 2 is 2.50 bits per heavy atom. The third-order valence-corrected chi connectivity index (χ3v) is 1.06. The van der Waals surface area contributed by atoms with E-state index in [1.54, 1.807) is 10.9 Å². The average molecular weight is 126 g/mol. The van der Waals surface area contributed by atoms with Gasteiger partial charge in [-0.05, 0) is 6.07 Å². The fraction of sp³-hybridized carbons (Fsp3) is 0.200. The summed E-state index contributed by atoms with van der Waals surface area (Å²) in [5.74, 6) is 0. The van der Waals surface area contributed by atoms with Gasteiger partial charge in [0.05, 0.1) is 10.7 Å². The molecule has 0 saturated heterocycles. The summed E-state index contributed by atoms with van der Waals surface area (Å²) in [5.41, 5.74) is 0. The summed E-state index contributed by atoms with van der Waals surface area (Å²) in [4.78, 5) is 0.